The zero-order valence-electron chi connectivity index (χ0n) is 15.4. The fraction of sp³-hybridized carbons (Fsp3) is 0.300. The van der Waals surface area contributed by atoms with E-state index in [1.54, 1.807) is 23.1 Å². The molecule has 4 nitrogen and oxygen atoms in total. The first kappa shape index (κ1) is 18.9. The van der Waals surface area contributed by atoms with Gasteiger partial charge in [0.1, 0.15) is 0 Å². The Labute approximate surface area is 162 Å². The van der Waals surface area contributed by atoms with Gasteiger partial charge in [0.25, 0.3) is 5.91 Å². The van der Waals surface area contributed by atoms with E-state index in [2.05, 4.69) is 33.2 Å². The molecule has 2 aromatic carbocycles. The normalized spacial score (nSPS) is 11.2. The van der Waals surface area contributed by atoms with E-state index in [1.807, 2.05) is 41.3 Å². The highest BCUT2D eigenvalue weighted by Gasteiger charge is 2.22. The molecule has 0 saturated heterocycles. The SMILES string of the molecule is CCSc1cccc(C(=O)N(CC[NH+](C)C)c2nc3ccccc3s2)c1. The summed E-state index contributed by atoms with van der Waals surface area (Å²) < 4.78 is 1.10. The number of thiazole rings is 1. The number of fused-ring (bicyclic) bond motifs is 1. The van der Waals surface area contributed by atoms with Gasteiger partial charge in [-0.25, -0.2) is 4.98 Å². The maximum absolute atomic E-state index is 13.3. The summed E-state index contributed by atoms with van der Waals surface area (Å²) in [4.78, 5) is 22.2. The number of amides is 1. The fourth-order valence-corrected chi connectivity index (χ4v) is 4.34. The predicted molar refractivity (Wildman–Crippen MR) is 112 cm³/mol. The number of para-hydroxylation sites is 1. The van der Waals surface area contributed by atoms with Crippen molar-refractivity contribution in [1.82, 2.24) is 4.98 Å². The smallest absolute Gasteiger partial charge is 0.260 e. The summed E-state index contributed by atoms with van der Waals surface area (Å²) in [5.74, 6) is 1.01. The lowest BCUT2D eigenvalue weighted by Gasteiger charge is -2.21. The monoisotopic (exact) mass is 386 g/mol. The summed E-state index contributed by atoms with van der Waals surface area (Å²) in [5, 5.41) is 0.769. The molecule has 0 saturated carbocycles. The van der Waals surface area contributed by atoms with Crippen LogP contribution in [-0.2, 0) is 0 Å². The molecule has 0 aliphatic rings. The molecule has 1 heterocycles. The van der Waals surface area contributed by atoms with Crippen molar-refractivity contribution in [3.8, 4) is 0 Å². The van der Waals surface area contributed by atoms with Gasteiger partial charge >= 0.3 is 0 Å². The summed E-state index contributed by atoms with van der Waals surface area (Å²) in [6.07, 6.45) is 0. The van der Waals surface area contributed by atoms with Gasteiger partial charge in [-0.1, -0.05) is 36.5 Å². The van der Waals surface area contributed by atoms with E-state index in [4.69, 9.17) is 4.98 Å². The van der Waals surface area contributed by atoms with Crippen molar-refractivity contribution in [2.45, 2.75) is 11.8 Å². The number of anilines is 1. The minimum Gasteiger partial charge on any atom is -0.338 e. The molecule has 1 N–H and O–H groups in total. The Bertz CT molecular complexity index is 858. The Kier molecular flexibility index (Phi) is 6.29. The van der Waals surface area contributed by atoms with Crippen LogP contribution in [0.25, 0.3) is 10.2 Å². The topological polar surface area (TPSA) is 37.6 Å². The number of nitrogens with zero attached hydrogens (tertiary/aromatic N) is 2. The molecule has 1 aromatic heterocycles. The van der Waals surface area contributed by atoms with Gasteiger partial charge in [-0.2, -0.15) is 0 Å². The van der Waals surface area contributed by atoms with Crippen LogP contribution in [-0.4, -0.2) is 43.8 Å². The number of hydrogen-bond donors (Lipinski definition) is 1. The largest absolute Gasteiger partial charge is 0.338 e. The zero-order chi connectivity index (χ0) is 18.5. The lowest BCUT2D eigenvalue weighted by molar-refractivity contribution is -0.856. The number of hydrogen-bond acceptors (Lipinski definition) is 4. The van der Waals surface area contributed by atoms with E-state index in [0.29, 0.717) is 6.54 Å². The summed E-state index contributed by atoms with van der Waals surface area (Å²) in [6.45, 7) is 3.63. The van der Waals surface area contributed by atoms with Gasteiger partial charge in [-0.3, -0.25) is 9.69 Å². The third-order valence-electron chi connectivity index (χ3n) is 3.99. The number of rotatable bonds is 7. The van der Waals surface area contributed by atoms with E-state index in [-0.39, 0.29) is 5.91 Å². The first-order valence-corrected chi connectivity index (χ1v) is 10.6. The first-order chi connectivity index (χ1) is 12.6. The van der Waals surface area contributed by atoms with Gasteiger partial charge in [-0.05, 0) is 36.1 Å². The summed E-state index contributed by atoms with van der Waals surface area (Å²) >= 11 is 3.32. The Hall–Kier alpha value is -1.89. The number of carbonyl (C=O) groups is 1. The highest BCUT2D eigenvalue weighted by Crippen LogP contribution is 2.29. The second-order valence-corrected chi connectivity index (χ2v) is 8.69. The summed E-state index contributed by atoms with van der Waals surface area (Å²) in [6, 6.07) is 15.9. The Morgan fingerprint density at radius 2 is 2.00 bits per heavy atom. The van der Waals surface area contributed by atoms with Crippen LogP contribution in [0, 0.1) is 0 Å². The van der Waals surface area contributed by atoms with E-state index >= 15 is 0 Å². The van der Waals surface area contributed by atoms with Gasteiger partial charge in [-0.15, -0.1) is 11.8 Å². The molecule has 6 heteroatoms. The highest BCUT2D eigenvalue weighted by atomic mass is 32.2. The lowest BCUT2D eigenvalue weighted by atomic mass is 10.2. The molecule has 3 rings (SSSR count). The minimum atomic E-state index is 0.0175. The maximum atomic E-state index is 13.3. The molecule has 0 atom stereocenters. The molecule has 0 spiro atoms. The fourth-order valence-electron chi connectivity index (χ4n) is 2.64. The second-order valence-electron chi connectivity index (χ2n) is 6.34. The van der Waals surface area contributed by atoms with Crippen molar-refractivity contribution in [2.24, 2.45) is 0 Å². The molecule has 136 valence electrons. The number of benzene rings is 2. The average Bonchev–Trinajstić information content (AvgIpc) is 3.05. The van der Waals surface area contributed by atoms with Crippen LogP contribution in [0.4, 0.5) is 5.13 Å². The van der Waals surface area contributed by atoms with Crippen molar-refractivity contribution >= 4 is 44.4 Å². The minimum absolute atomic E-state index is 0.0175. The van der Waals surface area contributed by atoms with E-state index in [1.165, 1.54) is 4.90 Å². The van der Waals surface area contributed by atoms with Crippen LogP contribution < -0.4 is 9.80 Å². The van der Waals surface area contributed by atoms with Crippen LogP contribution in [0.15, 0.2) is 53.4 Å². The standard InChI is InChI=1S/C20H23N3OS2/c1-4-25-16-9-7-8-15(14-16)19(24)23(13-12-22(2)3)20-21-17-10-5-6-11-18(17)26-20/h5-11,14H,4,12-13H2,1-3H3/p+1. The molecule has 1 amide bonds. The number of thioether (sulfide) groups is 1. The number of nitrogens with one attached hydrogen (secondary N) is 1. The van der Waals surface area contributed by atoms with Crippen LogP contribution in [0.2, 0.25) is 0 Å². The number of likely N-dealkylation sites (N-methyl/N-ethyl adjacent to an activating group) is 1. The van der Waals surface area contributed by atoms with E-state index in [0.717, 1.165) is 38.1 Å². The van der Waals surface area contributed by atoms with E-state index < -0.39 is 0 Å². The van der Waals surface area contributed by atoms with Crippen molar-refractivity contribution in [1.29, 1.82) is 0 Å². The van der Waals surface area contributed by atoms with Crippen molar-refractivity contribution in [2.75, 3.05) is 37.8 Å². The molecule has 0 aliphatic carbocycles. The van der Waals surface area contributed by atoms with Gasteiger partial charge in [0, 0.05) is 10.5 Å². The van der Waals surface area contributed by atoms with Gasteiger partial charge in [0.05, 0.1) is 37.4 Å². The summed E-state index contributed by atoms with van der Waals surface area (Å²) in [7, 11) is 4.19. The zero-order valence-corrected chi connectivity index (χ0v) is 17.0. The van der Waals surface area contributed by atoms with E-state index in [9.17, 15) is 4.79 Å². The molecule has 0 bridgehead atoms. The maximum Gasteiger partial charge on any atom is 0.260 e. The van der Waals surface area contributed by atoms with Crippen molar-refractivity contribution in [3.63, 3.8) is 0 Å². The number of carbonyl (C=O) groups excluding carboxylic acids is 1. The van der Waals surface area contributed by atoms with Crippen molar-refractivity contribution in [3.05, 3.63) is 54.1 Å². The molecule has 0 unspecified atom stereocenters. The average molecular weight is 387 g/mol. The van der Waals surface area contributed by atoms with Crippen LogP contribution in [0.5, 0.6) is 0 Å². The molecule has 0 radical (unpaired) electrons. The van der Waals surface area contributed by atoms with Crippen LogP contribution >= 0.6 is 23.1 Å². The van der Waals surface area contributed by atoms with Crippen LogP contribution in [0.1, 0.15) is 17.3 Å². The van der Waals surface area contributed by atoms with Gasteiger partial charge in [0.15, 0.2) is 5.13 Å². The molecule has 0 aliphatic heterocycles. The Morgan fingerprint density at radius 1 is 1.19 bits per heavy atom. The lowest BCUT2D eigenvalue weighted by Crippen LogP contribution is -3.06. The second kappa shape index (κ2) is 8.66. The quantitative estimate of drug-likeness (QED) is 0.634. The molecular weight excluding hydrogens is 362 g/mol. The molecule has 26 heavy (non-hydrogen) atoms. The van der Waals surface area contributed by atoms with Gasteiger partial charge in [0.2, 0.25) is 0 Å². The third kappa shape index (κ3) is 4.44. The Balaban J connectivity index is 1.94. The number of quaternary nitrogens is 1. The molecule has 0 fully saturated rings. The molecular formula is C20H24N3OS2+. The third-order valence-corrected chi connectivity index (χ3v) is 5.92. The van der Waals surface area contributed by atoms with Gasteiger partial charge < -0.3 is 4.90 Å². The first-order valence-electron chi connectivity index (χ1n) is 8.78. The van der Waals surface area contributed by atoms with Crippen LogP contribution in [0.3, 0.4) is 0 Å². The highest BCUT2D eigenvalue weighted by molar-refractivity contribution is 7.99. The Morgan fingerprint density at radius 3 is 2.73 bits per heavy atom. The predicted octanol–water partition coefficient (Wildman–Crippen LogP) is 3.20. The molecule has 3 aromatic rings. The van der Waals surface area contributed by atoms with Crippen molar-refractivity contribution < 1.29 is 9.69 Å². The summed E-state index contributed by atoms with van der Waals surface area (Å²) in [5.41, 5.74) is 1.66. The number of aromatic nitrogens is 1.